The van der Waals surface area contributed by atoms with Crippen molar-refractivity contribution < 1.29 is 14.3 Å². The Morgan fingerprint density at radius 1 is 0.706 bits per heavy atom. The minimum atomic E-state index is -0.372. The molecule has 3 heteroatoms. The number of rotatable bonds is 10. The Morgan fingerprint density at radius 3 is 1.76 bits per heavy atom. The van der Waals surface area contributed by atoms with Crippen molar-refractivity contribution in [2.75, 3.05) is 0 Å². The average molecular weight is 242 g/mol. The molecule has 0 saturated heterocycles. The van der Waals surface area contributed by atoms with Crippen LogP contribution in [0.25, 0.3) is 0 Å². The molecule has 17 heavy (non-hydrogen) atoms. The largest absolute Gasteiger partial charge is 0.393 e. The molecule has 0 aromatic rings. The van der Waals surface area contributed by atoms with E-state index in [0.29, 0.717) is 12.8 Å². The molecule has 0 amide bonds. The number of unbranched alkanes of at least 4 members (excludes halogenated alkanes) is 6. The molecular formula is C14H26O3. The van der Waals surface area contributed by atoms with Crippen molar-refractivity contribution in [2.45, 2.75) is 78.1 Å². The Kier molecular flexibility index (Phi) is 11.0. The van der Waals surface area contributed by atoms with Gasteiger partial charge < -0.3 is 4.74 Å². The predicted octanol–water partition coefficient (Wildman–Crippen LogP) is 4.00. The van der Waals surface area contributed by atoms with E-state index in [9.17, 15) is 9.59 Å². The van der Waals surface area contributed by atoms with Gasteiger partial charge >= 0.3 is 11.9 Å². The van der Waals surface area contributed by atoms with Gasteiger partial charge in [0, 0.05) is 12.8 Å². The van der Waals surface area contributed by atoms with Crippen LogP contribution in [0, 0.1) is 0 Å². The molecule has 0 rings (SSSR count). The van der Waals surface area contributed by atoms with Crippen LogP contribution in [0.15, 0.2) is 0 Å². The van der Waals surface area contributed by atoms with E-state index in [1.807, 2.05) is 6.92 Å². The van der Waals surface area contributed by atoms with Gasteiger partial charge in [0.25, 0.3) is 0 Å². The molecule has 0 unspecified atom stereocenters. The molecule has 0 saturated carbocycles. The molecular weight excluding hydrogens is 216 g/mol. The zero-order valence-corrected chi connectivity index (χ0v) is 11.3. The van der Waals surface area contributed by atoms with Gasteiger partial charge in [-0.2, -0.15) is 0 Å². The Morgan fingerprint density at radius 2 is 1.18 bits per heavy atom. The molecule has 3 nitrogen and oxygen atoms in total. The molecule has 0 aliphatic carbocycles. The Balaban J connectivity index is 3.36. The first kappa shape index (κ1) is 16.1. The topological polar surface area (TPSA) is 43.4 Å². The molecule has 100 valence electrons. The first-order valence-corrected chi connectivity index (χ1v) is 6.94. The lowest BCUT2D eigenvalue weighted by atomic mass is 10.1. The van der Waals surface area contributed by atoms with Crippen LogP contribution in [0.3, 0.4) is 0 Å². The fraction of sp³-hybridized carbons (Fsp3) is 0.857. The lowest BCUT2D eigenvalue weighted by Crippen LogP contribution is -2.11. The maximum absolute atomic E-state index is 11.3. The second kappa shape index (κ2) is 11.6. The fourth-order valence-corrected chi connectivity index (χ4v) is 1.60. The highest BCUT2D eigenvalue weighted by molar-refractivity contribution is 5.85. The summed E-state index contributed by atoms with van der Waals surface area (Å²) in [7, 11) is 0. The summed E-state index contributed by atoms with van der Waals surface area (Å²) < 4.78 is 4.70. The number of hydrogen-bond donors (Lipinski definition) is 0. The Labute approximate surface area is 105 Å². The van der Waals surface area contributed by atoms with Crippen molar-refractivity contribution in [3.8, 4) is 0 Å². The zero-order valence-electron chi connectivity index (χ0n) is 11.3. The molecule has 0 heterocycles. The number of hydrogen-bond acceptors (Lipinski definition) is 3. The molecule has 0 aromatic carbocycles. The van der Waals surface area contributed by atoms with Crippen molar-refractivity contribution in [1.82, 2.24) is 0 Å². The second-order valence-corrected chi connectivity index (χ2v) is 4.47. The van der Waals surface area contributed by atoms with E-state index in [4.69, 9.17) is 4.74 Å². The Bertz CT molecular complexity index is 212. The van der Waals surface area contributed by atoms with Crippen LogP contribution in [0.4, 0.5) is 0 Å². The molecule has 0 aliphatic rings. The van der Waals surface area contributed by atoms with E-state index in [1.54, 1.807) is 0 Å². The zero-order chi connectivity index (χ0) is 12.9. The number of carbonyl (C=O) groups is 2. The van der Waals surface area contributed by atoms with E-state index in [0.717, 1.165) is 25.7 Å². The van der Waals surface area contributed by atoms with E-state index >= 15 is 0 Å². The SMILES string of the molecule is CCCCCCCCC(=O)OC(=O)CCCC. The molecule has 0 spiro atoms. The van der Waals surface area contributed by atoms with Crippen LogP contribution in [0.5, 0.6) is 0 Å². The highest BCUT2D eigenvalue weighted by Gasteiger charge is 2.09. The van der Waals surface area contributed by atoms with Crippen LogP contribution in [0.1, 0.15) is 78.1 Å². The summed E-state index contributed by atoms with van der Waals surface area (Å²) in [4.78, 5) is 22.4. The predicted molar refractivity (Wildman–Crippen MR) is 68.6 cm³/mol. The van der Waals surface area contributed by atoms with Gasteiger partial charge in [0.15, 0.2) is 0 Å². The molecule has 0 aliphatic heterocycles. The van der Waals surface area contributed by atoms with Gasteiger partial charge in [-0.3, -0.25) is 9.59 Å². The number of esters is 2. The van der Waals surface area contributed by atoms with Gasteiger partial charge in [-0.15, -0.1) is 0 Å². The Hall–Kier alpha value is -0.860. The summed E-state index contributed by atoms with van der Waals surface area (Å²) in [6.45, 7) is 4.19. The maximum Gasteiger partial charge on any atom is 0.313 e. The average Bonchev–Trinajstić information content (AvgIpc) is 2.31. The van der Waals surface area contributed by atoms with E-state index in [1.165, 1.54) is 25.7 Å². The summed E-state index contributed by atoms with van der Waals surface area (Å²) in [5.41, 5.74) is 0. The van der Waals surface area contributed by atoms with Gasteiger partial charge in [0.2, 0.25) is 0 Å². The highest BCUT2D eigenvalue weighted by atomic mass is 16.6. The van der Waals surface area contributed by atoms with Gasteiger partial charge in [0.05, 0.1) is 0 Å². The lowest BCUT2D eigenvalue weighted by molar-refractivity contribution is -0.159. The number of ether oxygens (including phenoxy) is 1. The third-order valence-corrected chi connectivity index (χ3v) is 2.70. The first-order valence-electron chi connectivity index (χ1n) is 6.94. The first-order chi connectivity index (χ1) is 8.20. The van der Waals surface area contributed by atoms with Gasteiger partial charge in [-0.25, -0.2) is 0 Å². The van der Waals surface area contributed by atoms with Crippen molar-refractivity contribution in [3.63, 3.8) is 0 Å². The summed E-state index contributed by atoms with van der Waals surface area (Å²) in [5.74, 6) is -0.732. The van der Waals surface area contributed by atoms with Crippen molar-refractivity contribution in [2.24, 2.45) is 0 Å². The second-order valence-electron chi connectivity index (χ2n) is 4.47. The maximum atomic E-state index is 11.3. The fourth-order valence-electron chi connectivity index (χ4n) is 1.60. The van der Waals surface area contributed by atoms with Crippen molar-refractivity contribution in [1.29, 1.82) is 0 Å². The third kappa shape index (κ3) is 11.4. The van der Waals surface area contributed by atoms with E-state index < -0.39 is 0 Å². The molecule has 0 fully saturated rings. The van der Waals surface area contributed by atoms with Crippen LogP contribution in [0.2, 0.25) is 0 Å². The minimum Gasteiger partial charge on any atom is -0.393 e. The summed E-state index contributed by atoms with van der Waals surface area (Å²) in [5, 5.41) is 0. The van der Waals surface area contributed by atoms with Gasteiger partial charge in [0.1, 0.15) is 0 Å². The normalized spacial score (nSPS) is 10.2. The monoisotopic (exact) mass is 242 g/mol. The molecule has 0 N–H and O–H groups in total. The molecule has 0 radical (unpaired) electrons. The van der Waals surface area contributed by atoms with E-state index in [-0.39, 0.29) is 11.9 Å². The van der Waals surface area contributed by atoms with Crippen LogP contribution < -0.4 is 0 Å². The van der Waals surface area contributed by atoms with Gasteiger partial charge in [-0.1, -0.05) is 52.4 Å². The highest BCUT2D eigenvalue weighted by Crippen LogP contribution is 2.08. The third-order valence-electron chi connectivity index (χ3n) is 2.70. The van der Waals surface area contributed by atoms with Crippen LogP contribution >= 0.6 is 0 Å². The molecule has 0 aromatic heterocycles. The van der Waals surface area contributed by atoms with Crippen LogP contribution in [-0.2, 0) is 14.3 Å². The quantitative estimate of drug-likeness (QED) is 0.330. The standard InChI is InChI=1S/C14H26O3/c1-3-5-7-8-9-10-12-14(16)17-13(15)11-6-4-2/h3-12H2,1-2H3. The summed E-state index contributed by atoms with van der Waals surface area (Å²) in [6.07, 6.45) is 9.27. The smallest absolute Gasteiger partial charge is 0.313 e. The lowest BCUT2D eigenvalue weighted by Gasteiger charge is -2.02. The minimum absolute atomic E-state index is 0.360. The molecule has 0 bridgehead atoms. The molecule has 0 atom stereocenters. The van der Waals surface area contributed by atoms with Crippen molar-refractivity contribution >= 4 is 11.9 Å². The summed E-state index contributed by atoms with van der Waals surface area (Å²) >= 11 is 0. The van der Waals surface area contributed by atoms with Crippen molar-refractivity contribution in [3.05, 3.63) is 0 Å². The van der Waals surface area contributed by atoms with E-state index in [2.05, 4.69) is 6.92 Å². The number of carbonyl (C=O) groups excluding carboxylic acids is 2. The van der Waals surface area contributed by atoms with Gasteiger partial charge in [-0.05, 0) is 12.8 Å². The summed E-state index contributed by atoms with van der Waals surface area (Å²) in [6, 6.07) is 0. The van der Waals surface area contributed by atoms with Crippen LogP contribution in [-0.4, -0.2) is 11.9 Å².